The Morgan fingerprint density at radius 1 is 1.00 bits per heavy atom. The fraction of sp³-hybridized carbons (Fsp3) is 0.476. The van der Waals surface area contributed by atoms with Gasteiger partial charge in [0.05, 0.1) is 18.0 Å². The van der Waals surface area contributed by atoms with E-state index in [4.69, 9.17) is 4.74 Å². The molecule has 0 amide bonds. The Bertz CT molecular complexity index is 657. The topological polar surface area (TPSA) is 52.1 Å². The highest BCUT2D eigenvalue weighted by Crippen LogP contribution is 2.33. The van der Waals surface area contributed by atoms with Crippen molar-refractivity contribution in [2.45, 2.75) is 59.3 Å². The lowest BCUT2D eigenvalue weighted by Crippen LogP contribution is -2.14. The molecule has 1 heterocycles. The maximum Gasteiger partial charge on any atom is 0.343 e. The van der Waals surface area contributed by atoms with Gasteiger partial charge in [0.2, 0.25) is 0 Å². The molecule has 25 heavy (non-hydrogen) atoms. The molecule has 0 aliphatic heterocycles. The zero-order valence-electron chi connectivity index (χ0n) is 15.7. The minimum atomic E-state index is -0.382. The molecule has 4 heteroatoms. The average molecular weight is 340 g/mol. The fourth-order valence-electron chi connectivity index (χ4n) is 2.96. The Morgan fingerprint density at radius 2 is 1.56 bits per heavy atom. The molecule has 0 bridgehead atoms. The molecule has 1 fully saturated rings. The maximum absolute atomic E-state index is 12.1. The van der Waals surface area contributed by atoms with Crippen LogP contribution in [0.5, 0.6) is 5.75 Å². The van der Waals surface area contributed by atoms with Crippen molar-refractivity contribution < 1.29 is 9.53 Å². The van der Waals surface area contributed by atoms with Gasteiger partial charge >= 0.3 is 5.97 Å². The molecule has 134 valence electrons. The Balaban J connectivity index is 0.00000109. The lowest BCUT2D eigenvalue weighted by molar-refractivity contribution is 0.0733. The summed E-state index contributed by atoms with van der Waals surface area (Å²) in [5, 5.41) is 0. The second-order valence-electron chi connectivity index (χ2n) is 6.49. The van der Waals surface area contributed by atoms with E-state index in [9.17, 15) is 4.79 Å². The molecule has 1 saturated carbocycles. The van der Waals surface area contributed by atoms with Crippen LogP contribution in [0.3, 0.4) is 0 Å². The van der Waals surface area contributed by atoms with Crippen LogP contribution in [0.25, 0.3) is 0 Å². The van der Waals surface area contributed by atoms with Crippen LogP contribution in [0.15, 0.2) is 36.7 Å². The van der Waals surface area contributed by atoms with E-state index in [1.54, 1.807) is 24.5 Å². The minimum absolute atomic E-state index is 0.382. The molecule has 0 saturated heterocycles. The summed E-state index contributed by atoms with van der Waals surface area (Å²) >= 11 is 0. The van der Waals surface area contributed by atoms with Gasteiger partial charge in [0.1, 0.15) is 5.82 Å². The molecule has 0 N–H and O–H groups in total. The van der Waals surface area contributed by atoms with Gasteiger partial charge in [0, 0.05) is 5.92 Å². The third-order valence-electron chi connectivity index (χ3n) is 4.53. The number of hydrogen-bond donors (Lipinski definition) is 0. The zero-order chi connectivity index (χ0) is 18.2. The molecule has 0 radical (unpaired) electrons. The van der Waals surface area contributed by atoms with Crippen LogP contribution in [0.2, 0.25) is 0 Å². The number of aromatic nitrogens is 2. The number of benzene rings is 1. The molecule has 0 spiro atoms. The molecule has 1 aromatic carbocycles. The quantitative estimate of drug-likeness (QED) is 0.709. The van der Waals surface area contributed by atoms with Crippen molar-refractivity contribution in [3.63, 3.8) is 0 Å². The van der Waals surface area contributed by atoms with E-state index in [1.165, 1.54) is 12.8 Å². The average Bonchev–Trinajstić information content (AvgIpc) is 2.65. The van der Waals surface area contributed by atoms with Crippen LogP contribution in [0.4, 0.5) is 0 Å². The Morgan fingerprint density at radius 3 is 2.12 bits per heavy atom. The molecule has 1 aliphatic carbocycles. The maximum atomic E-state index is 12.1. The fourth-order valence-corrected chi connectivity index (χ4v) is 2.96. The normalized spacial score (nSPS) is 19.5. The first-order valence-corrected chi connectivity index (χ1v) is 9.22. The number of nitrogens with zero attached hydrogens (tertiary/aromatic N) is 2. The molecule has 0 atom stereocenters. The van der Waals surface area contributed by atoms with E-state index in [2.05, 4.69) is 16.9 Å². The van der Waals surface area contributed by atoms with Gasteiger partial charge in [-0.25, -0.2) is 14.8 Å². The van der Waals surface area contributed by atoms with Crippen molar-refractivity contribution in [1.82, 2.24) is 9.97 Å². The summed E-state index contributed by atoms with van der Waals surface area (Å²) in [6.07, 6.45) is 7.96. The first kappa shape index (κ1) is 19.1. The number of ether oxygens (including phenoxy) is 1. The number of esters is 1. The second-order valence-corrected chi connectivity index (χ2v) is 6.49. The highest BCUT2D eigenvalue weighted by molar-refractivity contribution is 5.90. The largest absolute Gasteiger partial charge is 0.420 e. The van der Waals surface area contributed by atoms with Gasteiger partial charge < -0.3 is 4.74 Å². The SMILES string of the molecule is CC.Cc1ccc(C(=O)Oc2cnc(C3CCC(C)CC3)nc2)cc1. The van der Waals surface area contributed by atoms with E-state index >= 15 is 0 Å². The smallest absolute Gasteiger partial charge is 0.343 e. The molecule has 4 nitrogen and oxygen atoms in total. The van der Waals surface area contributed by atoms with E-state index in [0.717, 1.165) is 30.1 Å². The van der Waals surface area contributed by atoms with Crippen molar-refractivity contribution in [2.75, 3.05) is 0 Å². The molecule has 0 unspecified atom stereocenters. The molecule has 1 aliphatic rings. The third-order valence-corrected chi connectivity index (χ3v) is 4.53. The van der Waals surface area contributed by atoms with Crippen molar-refractivity contribution in [1.29, 1.82) is 0 Å². The first-order valence-electron chi connectivity index (χ1n) is 9.22. The predicted molar refractivity (Wildman–Crippen MR) is 99.9 cm³/mol. The summed E-state index contributed by atoms with van der Waals surface area (Å²) in [6, 6.07) is 7.30. The molecular formula is C21H28N2O2. The Hall–Kier alpha value is -2.23. The van der Waals surface area contributed by atoms with Crippen molar-refractivity contribution in [2.24, 2.45) is 5.92 Å². The van der Waals surface area contributed by atoms with E-state index in [1.807, 2.05) is 32.9 Å². The highest BCUT2D eigenvalue weighted by Gasteiger charge is 2.21. The van der Waals surface area contributed by atoms with Crippen LogP contribution in [-0.4, -0.2) is 15.9 Å². The van der Waals surface area contributed by atoms with Crippen molar-refractivity contribution in [3.05, 3.63) is 53.6 Å². The van der Waals surface area contributed by atoms with Crippen LogP contribution in [0.1, 0.15) is 74.1 Å². The summed E-state index contributed by atoms with van der Waals surface area (Å²) in [4.78, 5) is 20.9. The molecule has 2 aromatic rings. The van der Waals surface area contributed by atoms with E-state index in [0.29, 0.717) is 17.2 Å². The summed E-state index contributed by atoms with van der Waals surface area (Å²) in [5.41, 5.74) is 1.64. The number of hydrogen-bond acceptors (Lipinski definition) is 4. The van der Waals surface area contributed by atoms with Crippen LogP contribution in [0, 0.1) is 12.8 Å². The molecular weight excluding hydrogens is 312 g/mol. The predicted octanol–water partition coefficient (Wildman–Crippen LogP) is 5.32. The van der Waals surface area contributed by atoms with E-state index in [-0.39, 0.29) is 5.97 Å². The minimum Gasteiger partial charge on any atom is -0.420 e. The van der Waals surface area contributed by atoms with Crippen molar-refractivity contribution >= 4 is 5.97 Å². The van der Waals surface area contributed by atoms with Crippen LogP contribution >= 0.6 is 0 Å². The number of aryl methyl sites for hydroxylation is 1. The highest BCUT2D eigenvalue weighted by atomic mass is 16.5. The lowest BCUT2D eigenvalue weighted by Gasteiger charge is -2.24. The van der Waals surface area contributed by atoms with Gasteiger partial charge in [-0.1, -0.05) is 51.3 Å². The summed E-state index contributed by atoms with van der Waals surface area (Å²) in [6.45, 7) is 8.28. The van der Waals surface area contributed by atoms with Gasteiger partial charge in [0.25, 0.3) is 0 Å². The van der Waals surface area contributed by atoms with Gasteiger partial charge in [-0.3, -0.25) is 0 Å². The molecule has 1 aromatic heterocycles. The molecule has 3 rings (SSSR count). The number of carbonyl (C=O) groups excluding carboxylic acids is 1. The van der Waals surface area contributed by atoms with Crippen LogP contribution < -0.4 is 4.74 Å². The number of carbonyl (C=O) groups is 1. The number of rotatable bonds is 3. The standard InChI is InChI=1S/C19H22N2O2.C2H6/c1-13-3-7-15(8-4-13)18-20-11-17(12-21-18)23-19(22)16-9-5-14(2)6-10-16;1-2/h5-6,9-13,15H,3-4,7-8H2,1-2H3;1-2H3. The van der Waals surface area contributed by atoms with Crippen LogP contribution in [-0.2, 0) is 0 Å². The third kappa shape index (κ3) is 5.38. The van der Waals surface area contributed by atoms with Gasteiger partial charge in [-0.2, -0.15) is 0 Å². The second kappa shape index (κ2) is 9.30. The van der Waals surface area contributed by atoms with Gasteiger partial charge in [-0.05, 0) is 37.8 Å². The van der Waals surface area contributed by atoms with Gasteiger partial charge in [0.15, 0.2) is 5.75 Å². The zero-order valence-corrected chi connectivity index (χ0v) is 15.7. The lowest BCUT2D eigenvalue weighted by atomic mass is 9.82. The van der Waals surface area contributed by atoms with Gasteiger partial charge in [-0.15, -0.1) is 0 Å². The summed E-state index contributed by atoms with van der Waals surface area (Å²) in [5.74, 6) is 2.12. The summed E-state index contributed by atoms with van der Waals surface area (Å²) < 4.78 is 5.34. The Kier molecular flexibility index (Phi) is 7.11. The Labute approximate surface area is 150 Å². The summed E-state index contributed by atoms with van der Waals surface area (Å²) in [7, 11) is 0. The monoisotopic (exact) mass is 340 g/mol. The first-order chi connectivity index (χ1) is 12.1. The van der Waals surface area contributed by atoms with E-state index < -0.39 is 0 Å². The van der Waals surface area contributed by atoms with Crippen molar-refractivity contribution in [3.8, 4) is 5.75 Å².